The summed E-state index contributed by atoms with van der Waals surface area (Å²) < 4.78 is 7.45. The molecule has 0 saturated carbocycles. The molecule has 0 aliphatic carbocycles. The Balaban J connectivity index is 1.90. The quantitative estimate of drug-likeness (QED) is 0.595. The number of benzene rings is 1. The van der Waals surface area contributed by atoms with Gasteiger partial charge in [0, 0.05) is 12.2 Å². The molecule has 1 aliphatic rings. The molecule has 5 nitrogen and oxygen atoms in total. The number of fused-ring (bicyclic) bond motifs is 1. The Morgan fingerprint density at radius 1 is 1.15 bits per heavy atom. The van der Waals surface area contributed by atoms with Crippen molar-refractivity contribution in [3.8, 4) is 11.3 Å². The maximum Gasteiger partial charge on any atom is 0.182 e. The highest BCUT2D eigenvalue weighted by atomic mass is 35.5. The van der Waals surface area contributed by atoms with Crippen molar-refractivity contribution in [2.45, 2.75) is 12.5 Å². The van der Waals surface area contributed by atoms with Crippen molar-refractivity contribution in [3.05, 3.63) is 71.9 Å². The summed E-state index contributed by atoms with van der Waals surface area (Å²) in [6.07, 6.45) is 10.0. The molecule has 0 radical (unpaired) electrons. The van der Waals surface area contributed by atoms with Gasteiger partial charge in [0.15, 0.2) is 5.65 Å². The summed E-state index contributed by atoms with van der Waals surface area (Å²) in [5, 5.41) is 15.0. The van der Waals surface area contributed by atoms with E-state index in [1.54, 1.807) is 6.08 Å². The molecule has 1 fully saturated rings. The number of hydrogen-bond acceptors (Lipinski definition) is 4. The van der Waals surface area contributed by atoms with Crippen LogP contribution in [0.5, 0.6) is 0 Å². The second kappa shape index (κ2) is 7.86. The SMILES string of the molecule is C=C/C=C\C=C\c1nnc2c(c(-c3ccccc3)nn2C2CCOC2)c1Cl. The molecule has 1 atom stereocenters. The molecule has 4 rings (SSSR count). The van der Waals surface area contributed by atoms with E-state index in [0.29, 0.717) is 23.0 Å². The van der Waals surface area contributed by atoms with E-state index in [0.717, 1.165) is 29.7 Å². The standard InChI is InChI=1S/C21H19ClN4O/c1-2-3-4-8-11-17-19(22)18-20(15-9-6-5-7-10-15)25-26(21(18)24-23-17)16-12-13-27-14-16/h2-11,16H,1,12-14H2/b4-3-,11-8+. The van der Waals surface area contributed by atoms with Gasteiger partial charge in [-0.1, -0.05) is 72.8 Å². The van der Waals surface area contributed by atoms with Crippen LogP contribution < -0.4 is 0 Å². The highest BCUT2D eigenvalue weighted by Gasteiger charge is 2.26. The Bertz CT molecular complexity index is 1020. The summed E-state index contributed by atoms with van der Waals surface area (Å²) >= 11 is 6.75. The van der Waals surface area contributed by atoms with Gasteiger partial charge >= 0.3 is 0 Å². The van der Waals surface area contributed by atoms with E-state index in [9.17, 15) is 0 Å². The van der Waals surface area contributed by atoms with Gasteiger partial charge in [0.2, 0.25) is 0 Å². The molecule has 136 valence electrons. The molecule has 3 heterocycles. The Labute approximate surface area is 162 Å². The van der Waals surface area contributed by atoms with Gasteiger partial charge in [-0.05, 0) is 12.5 Å². The average Bonchev–Trinajstić information content (AvgIpc) is 3.35. The average molecular weight is 379 g/mol. The van der Waals surface area contributed by atoms with Gasteiger partial charge in [-0.15, -0.1) is 10.2 Å². The molecule has 0 amide bonds. The van der Waals surface area contributed by atoms with Crippen LogP contribution >= 0.6 is 11.6 Å². The second-order valence-electron chi connectivity index (χ2n) is 6.25. The van der Waals surface area contributed by atoms with Crippen molar-refractivity contribution in [1.82, 2.24) is 20.0 Å². The molecule has 0 spiro atoms. The highest BCUT2D eigenvalue weighted by Crippen LogP contribution is 2.36. The number of halogens is 1. The molecule has 27 heavy (non-hydrogen) atoms. The Morgan fingerprint density at radius 3 is 2.74 bits per heavy atom. The fourth-order valence-electron chi connectivity index (χ4n) is 3.16. The Hall–Kier alpha value is -2.76. The lowest BCUT2D eigenvalue weighted by Gasteiger charge is -2.08. The topological polar surface area (TPSA) is 52.8 Å². The van der Waals surface area contributed by atoms with Crippen LogP contribution in [0.3, 0.4) is 0 Å². The second-order valence-corrected chi connectivity index (χ2v) is 6.63. The van der Waals surface area contributed by atoms with Gasteiger partial charge in [0.1, 0.15) is 11.4 Å². The van der Waals surface area contributed by atoms with Crippen molar-refractivity contribution < 1.29 is 4.74 Å². The first kappa shape index (κ1) is 17.6. The zero-order valence-electron chi connectivity index (χ0n) is 14.8. The maximum absolute atomic E-state index is 6.75. The van der Waals surface area contributed by atoms with Crippen molar-refractivity contribution in [2.75, 3.05) is 13.2 Å². The number of aromatic nitrogens is 4. The van der Waals surface area contributed by atoms with Crippen molar-refractivity contribution in [3.63, 3.8) is 0 Å². The summed E-state index contributed by atoms with van der Waals surface area (Å²) in [5.74, 6) is 0. The number of rotatable bonds is 5. The minimum absolute atomic E-state index is 0.146. The molecule has 1 aromatic carbocycles. The summed E-state index contributed by atoms with van der Waals surface area (Å²) in [6, 6.07) is 10.2. The van der Waals surface area contributed by atoms with Crippen LogP contribution in [0.1, 0.15) is 18.2 Å². The van der Waals surface area contributed by atoms with Crippen LogP contribution in [0.25, 0.3) is 28.4 Å². The lowest BCUT2D eigenvalue weighted by molar-refractivity contribution is 0.185. The minimum atomic E-state index is 0.146. The number of nitrogens with zero attached hydrogens (tertiary/aromatic N) is 4. The van der Waals surface area contributed by atoms with Crippen LogP contribution in [0.4, 0.5) is 0 Å². The Kier molecular flexibility index (Phi) is 5.14. The van der Waals surface area contributed by atoms with Gasteiger partial charge < -0.3 is 4.74 Å². The van der Waals surface area contributed by atoms with Gasteiger partial charge in [-0.25, -0.2) is 4.68 Å². The lowest BCUT2D eigenvalue weighted by atomic mass is 10.1. The number of allylic oxidation sites excluding steroid dienone is 4. The van der Waals surface area contributed by atoms with Crippen LogP contribution in [-0.2, 0) is 4.74 Å². The lowest BCUT2D eigenvalue weighted by Crippen LogP contribution is -2.11. The van der Waals surface area contributed by atoms with Crippen LogP contribution in [0.15, 0.2) is 61.2 Å². The largest absolute Gasteiger partial charge is 0.379 e. The zero-order chi connectivity index (χ0) is 18.6. The van der Waals surface area contributed by atoms with Crippen LogP contribution in [0, 0.1) is 0 Å². The van der Waals surface area contributed by atoms with E-state index in [-0.39, 0.29) is 6.04 Å². The molecule has 6 heteroatoms. The number of hydrogen-bond donors (Lipinski definition) is 0. The molecule has 0 N–H and O–H groups in total. The third kappa shape index (κ3) is 3.44. The summed E-state index contributed by atoms with van der Waals surface area (Å²) in [5.41, 5.74) is 3.11. The van der Waals surface area contributed by atoms with E-state index in [4.69, 9.17) is 21.4 Å². The fourth-order valence-corrected chi connectivity index (χ4v) is 3.44. The van der Waals surface area contributed by atoms with E-state index in [2.05, 4.69) is 16.8 Å². The van der Waals surface area contributed by atoms with Gasteiger partial charge in [-0.2, -0.15) is 5.10 Å². The third-order valence-corrected chi connectivity index (χ3v) is 4.88. The van der Waals surface area contributed by atoms with Crippen molar-refractivity contribution in [2.24, 2.45) is 0 Å². The monoisotopic (exact) mass is 378 g/mol. The number of ether oxygens (including phenoxy) is 1. The predicted octanol–water partition coefficient (Wildman–Crippen LogP) is 4.86. The first-order chi connectivity index (χ1) is 13.3. The van der Waals surface area contributed by atoms with E-state index >= 15 is 0 Å². The Morgan fingerprint density at radius 2 is 2.00 bits per heavy atom. The zero-order valence-corrected chi connectivity index (χ0v) is 15.5. The van der Waals surface area contributed by atoms with Gasteiger partial charge in [0.05, 0.1) is 23.1 Å². The maximum atomic E-state index is 6.75. The summed E-state index contributed by atoms with van der Waals surface area (Å²) in [6.45, 7) is 5.00. The molecule has 1 aliphatic heterocycles. The van der Waals surface area contributed by atoms with Gasteiger partial charge in [0.25, 0.3) is 0 Å². The minimum Gasteiger partial charge on any atom is -0.379 e. The van der Waals surface area contributed by atoms with E-state index < -0.39 is 0 Å². The molecule has 1 unspecified atom stereocenters. The van der Waals surface area contributed by atoms with Crippen LogP contribution in [-0.4, -0.2) is 33.2 Å². The highest BCUT2D eigenvalue weighted by molar-refractivity contribution is 6.37. The fraction of sp³-hybridized carbons (Fsp3) is 0.190. The van der Waals surface area contributed by atoms with E-state index in [1.807, 2.05) is 59.3 Å². The third-order valence-electron chi connectivity index (χ3n) is 4.49. The van der Waals surface area contributed by atoms with Crippen LogP contribution in [0.2, 0.25) is 5.02 Å². The molecule has 0 bridgehead atoms. The van der Waals surface area contributed by atoms with Gasteiger partial charge in [-0.3, -0.25) is 0 Å². The first-order valence-corrected chi connectivity index (χ1v) is 9.20. The molecule has 2 aromatic heterocycles. The first-order valence-electron chi connectivity index (χ1n) is 8.83. The molecular formula is C21H19ClN4O. The molecular weight excluding hydrogens is 360 g/mol. The molecule has 3 aromatic rings. The van der Waals surface area contributed by atoms with E-state index in [1.165, 1.54) is 0 Å². The summed E-state index contributed by atoms with van der Waals surface area (Å²) in [4.78, 5) is 0. The van der Waals surface area contributed by atoms with Crippen molar-refractivity contribution in [1.29, 1.82) is 0 Å². The normalized spacial score (nSPS) is 17.4. The van der Waals surface area contributed by atoms with Crippen molar-refractivity contribution >= 4 is 28.7 Å². The smallest absolute Gasteiger partial charge is 0.182 e. The molecule has 1 saturated heterocycles. The summed E-state index contributed by atoms with van der Waals surface area (Å²) in [7, 11) is 0. The predicted molar refractivity (Wildman–Crippen MR) is 109 cm³/mol.